The molecule has 2 bridgehead atoms. The third kappa shape index (κ3) is 14.2. The average Bonchev–Trinajstić information content (AvgIpc) is 3.88. The highest BCUT2D eigenvalue weighted by Gasteiger charge is 2.53. The number of hydrogen-bond donors (Lipinski definition) is 2. The number of methoxy groups -OCH3 is 3. The van der Waals surface area contributed by atoms with Crippen molar-refractivity contribution in [1.82, 2.24) is 25.1 Å². The van der Waals surface area contributed by atoms with E-state index in [9.17, 15) is 34.2 Å². The number of cyclic esters (lactones) is 1. The first-order valence-corrected chi connectivity index (χ1v) is 25.0. The fourth-order valence-corrected chi connectivity index (χ4v) is 10.7. The largest absolute Gasteiger partial charge is 0.460 e. The second-order valence-electron chi connectivity index (χ2n) is 20.4. The Balaban J connectivity index is 1.46. The van der Waals surface area contributed by atoms with Crippen molar-refractivity contribution in [2.75, 3.05) is 27.9 Å². The molecular formula is C52H79N5O12. The number of ketones is 3. The first-order chi connectivity index (χ1) is 32.8. The third-order valence-electron chi connectivity index (χ3n) is 15.2. The summed E-state index contributed by atoms with van der Waals surface area (Å²) in [6, 6.07) is -1.19. The van der Waals surface area contributed by atoms with Crippen molar-refractivity contribution >= 4 is 29.2 Å². The second-order valence-corrected chi connectivity index (χ2v) is 20.4. The number of amides is 1. The Morgan fingerprint density at radius 3 is 2.32 bits per heavy atom. The van der Waals surface area contributed by atoms with E-state index in [4.69, 9.17) is 23.7 Å². The summed E-state index contributed by atoms with van der Waals surface area (Å²) in [5.74, 6) is -7.92. The van der Waals surface area contributed by atoms with Gasteiger partial charge in [0.15, 0.2) is 5.78 Å². The summed E-state index contributed by atoms with van der Waals surface area (Å²) in [6.45, 7) is 12.8. The van der Waals surface area contributed by atoms with Crippen molar-refractivity contribution in [3.63, 3.8) is 0 Å². The van der Waals surface area contributed by atoms with Gasteiger partial charge in [0.25, 0.3) is 11.7 Å². The lowest BCUT2D eigenvalue weighted by molar-refractivity contribution is -0.265. The van der Waals surface area contributed by atoms with Gasteiger partial charge in [0.2, 0.25) is 5.79 Å². The van der Waals surface area contributed by atoms with Crippen LogP contribution >= 0.6 is 0 Å². The maximum atomic E-state index is 14.5. The zero-order chi connectivity index (χ0) is 50.6. The van der Waals surface area contributed by atoms with Gasteiger partial charge in [-0.3, -0.25) is 19.2 Å². The maximum absolute atomic E-state index is 14.5. The lowest BCUT2D eigenvalue weighted by atomic mass is 9.77. The van der Waals surface area contributed by atoms with Crippen LogP contribution in [0.3, 0.4) is 0 Å². The van der Waals surface area contributed by atoms with E-state index < -0.39 is 77.8 Å². The van der Waals surface area contributed by atoms with Crippen molar-refractivity contribution in [3.05, 3.63) is 53.9 Å². The number of aromatic nitrogens is 4. The molecular weight excluding hydrogens is 887 g/mol. The molecule has 4 heterocycles. The van der Waals surface area contributed by atoms with E-state index in [2.05, 4.69) is 15.5 Å². The van der Waals surface area contributed by atoms with Crippen LogP contribution in [0, 0.1) is 35.5 Å². The molecule has 1 unspecified atom stereocenters. The lowest BCUT2D eigenvalue weighted by Gasteiger charge is -2.42. The minimum absolute atomic E-state index is 0.0170. The molecule has 17 heteroatoms. The molecule has 2 saturated heterocycles. The van der Waals surface area contributed by atoms with Gasteiger partial charge >= 0.3 is 5.97 Å². The van der Waals surface area contributed by atoms with Gasteiger partial charge in [0, 0.05) is 58.5 Å². The molecule has 0 aromatic carbocycles. The number of piperidine rings is 1. The maximum Gasteiger partial charge on any atom is 0.329 e. The van der Waals surface area contributed by atoms with Gasteiger partial charge in [0.05, 0.1) is 24.4 Å². The standard InChI is InChI=1S/C52H79N5O12/c1-31-16-12-11-13-17-32(2)43(65-8)28-39-21-19-37(7)52(64,69-39)49(61)50(62)56-23-15-14-18-41(56)51(63)68-44(34(4)26-38-20-22-40(45(27-38)66-9)57-30-53-54-55-57)29-42(58)33(3)25-36(6)47(60)48(67-10)46(59)35(5)24-31/h11-13,16-17,25,30-31,33-35,37-41,43-45,47-48,60,64H,14-15,18-24,26-29H2,1-10H3/b13-11+,16-12+,32-17+,36-25+/t31-,33-,34-,35+,37-,38+,39+,40+,41+,43+,44+,45-,47-,48?,52-/m1/s1. The fraction of sp³-hybridized carbons (Fsp3) is 0.731. The van der Waals surface area contributed by atoms with Crippen molar-refractivity contribution < 1.29 is 57.9 Å². The van der Waals surface area contributed by atoms with Gasteiger partial charge in [-0.1, -0.05) is 71.1 Å². The minimum atomic E-state index is -2.43. The number of allylic oxidation sites excluding steroid dienone is 6. The summed E-state index contributed by atoms with van der Waals surface area (Å²) in [5, 5.41) is 35.2. The molecule has 0 radical (unpaired) electrons. The second kappa shape index (κ2) is 25.7. The van der Waals surface area contributed by atoms with E-state index in [0.29, 0.717) is 56.9 Å². The zero-order valence-corrected chi connectivity index (χ0v) is 42.5. The van der Waals surface area contributed by atoms with Crippen LogP contribution in [0.15, 0.2) is 53.9 Å². The monoisotopic (exact) mass is 966 g/mol. The first-order valence-electron chi connectivity index (χ1n) is 25.0. The van der Waals surface area contributed by atoms with E-state index in [-0.39, 0.29) is 60.9 Å². The zero-order valence-electron chi connectivity index (χ0n) is 42.5. The van der Waals surface area contributed by atoms with Crippen molar-refractivity contribution in [3.8, 4) is 0 Å². The summed E-state index contributed by atoms with van der Waals surface area (Å²) in [6.07, 6.45) is 13.9. The number of carbonyl (C=O) groups excluding carboxylic acids is 5. The number of aliphatic hydroxyl groups is 2. The van der Waals surface area contributed by atoms with Crippen molar-refractivity contribution in [1.29, 1.82) is 0 Å². The van der Waals surface area contributed by atoms with Gasteiger partial charge < -0.3 is 38.8 Å². The van der Waals surface area contributed by atoms with Crippen LogP contribution in [0.1, 0.15) is 132 Å². The number of esters is 1. The van der Waals surface area contributed by atoms with E-state index in [1.165, 1.54) is 12.0 Å². The van der Waals surface area contributed by atoms with Crippen LogP contribution < -0.4 is 0 Å². The molecule has 1 aliphatic carbocycles. The molecule has 1 aromatic rings. The summed E-state index contributed by atoms with van der Waals surface area (Å²) in [4.78, 5) is 72.3. The summed E-state index contributed by atoms with van der Waals surface area (Å²) in [5.41, 5.74) is 1.27. The molecule has 69 heavy (non-hydrogen) atoms. The molecule has 0 spiro atoms. The van der Waals surface area contributed by atoms with Crippen LogP contribution in [0.4, 0.5) is 0 Å². The summed E-state index contributed by atoms with van der Waals surface area (Å²) >= 11 is 0. The number of hydrogen-bond acceptors (Lipinski definition) is 15. The van der Waals surface area contributed by atoms with Gasteiger partial charge in [-0.2, -0.15) is 0 Å². The van der Waals surface area contributed by atoms with E-state index in [1.54, 1.807) is 52.1 Å². The molecule has 1 saturated carbocycles. The Kier molecular flexibility index (Phi) is 20.8. The average molecular weight is 966 g/mol. The Morgan fingerprint density at radius 1 is 0.884 bits per heavy atom. The lowest BCUT2D eigenvalue weighted by Crippen LogP contribution is -2.61. The molecule has 17 nitrogen and oxygen atoms in total. The third-order valence-corrected chi connectivity index (χ3v) is 15.2. The van der Waals surface area contributed by atoms with E-state index in [0.717, 1.165) is 18.4 Å². The number of tetrazole rings is 1. The van der Waals surface area contributed by atoms with Crippen LogP contribution in [-0.2, 0) is 47.7 Å². The Hall–Kier alpha value is -4.26. The summed E-state index contributed by atoms with van der Waals surface area (Å²) in [7, 11) is 4.62. The molecule has 3 fully saturated rings. The van der Waals surface area contributed by atoms with Gasteiger partial charge in [0.1, 0.15) is 36.5 Å². The summed E-state index contributed by atoms with van der Waals surface area (Å²) < 4.78 is 31.6. The predicted octanol–water partition coefficient (Wildman–Crippen LogP) is 6.05. The Labute approximate surface area is 408 Å². The highest BCUT2D eigenvalue weighted by molar-refractivity contribution is 6.39. The van der Waals surface area contributed by atoms with Crippen LogP contribution in [-0.4, -0.2) is 141 Å². The number of carbonyl (C=O) groups is 5. The number of aliphatic hydroxyl groups excluding tert-OH is 1. The number of nitrogens with zero attached hydrogens (tertiary/aromatic N) is 5. The molecule has 1 amide bonds. The first kappa shape index (κ1) is 55.7. The minimum Gasteiger partial charge on any atom is -0.460 e. The molecule has 384 valence electrons. The molecule has 1 aromatic heterocycles. The van der Waals surface area contributed by atoms with Crippen molar-refractivity contribution in [2.24, 2.45) is 35.5 Å². The number of fused-ring (bicyclic) bond motifs is 3. The predicted molar refractivity (Wildman–Crippen MR) is 256 cm³/mol. The van der Waals surface area contributed by atoms with E-state index >= 15 is 0 Å². The topological polar surface area (TPSA) is 219 Å². The van der Waals surface area contributed by atoms with Gasteiger partial charge in [-0.05, 0) is 117 Å². The number of ether oxygens (including phenoxy) is 5. The molecule has 5 rings (SSSR count). The highest BCUT2D eigenvalue weighted by Crippen LogP contribution is 2.39. The molecule has 3 aliphatic heterocycles. The Morgan fingerprint density at radius 2 is 1.64 bits per heavy atom. The SMILES string of the molecule is COC1C(=O)[C@@H](C)C[C@H](C)/C=C/C=C/C=C(\C)[C@@H](OC)C[C@@H]2CC[C@@H](C)[C@@](O)(O2)C(=O)C(=O)N2CCCC[C@H]2C(=O)O[C@H]([C@H](C)C[C@@H]2CC[C@H](n3cnnn3)[C@H](OC)C2)CC(=O)[C@H](C)/C=C(\C)[C@H]1O. The Bertz CT molecular complexity index is 2020. The number of rotatable bonds is 7. The molecule has 4 aliphatic rings. The van der Waals surface area contributed by atoms with Gasteiger partial charge in [-0.25, -0.2) is 9.48 Å². The van der Waals surface area contributed by atoms with Crippen LogP contribution in [0.5, 0.6) is 0 Å². The highest BCUT2D eigenvalue weighted by atomic mass is 16.6. The van der Waals surface area contributed by atoms with Crippen molar-refractivity contribution in [2.45, 2.75) is 180 Å². The fourth-order valence-electron chi connectivity index (χ4n) is 10.7. The normalized spacial score (nSPS) is 38.8. The quantitative estimate of drug-likeness (QED) is 0.181. The van der Waals surface area contributed by atoms with Gasteiger partial charge in [-0.15, -0.1) is 5.10 Å². The smallest absolute Gasteiger partial charge is 0.329 e. The van der Waals surface area contributed by atoms with Crippen LogP contribution in [0.2, 0.25) is 0 Å². The molecule has 2 N–H and O–H groups in total. The van der Waals surface area contributed by atoms with E-state index in [1.807, 2.05) is 58.1 Å². The number of Topliss-reactive ketones (excluding diaryl/α,β-unsaturated/α-hetero) is 3. The molecule has 15 atom stereocenters. The van der Waals surface area contributed by atoms with Crippen LogP contribution in [0.25, 0.3) is 0 Å².